The Labute approximate surface area is 173 Å². The van der Waals surface area contributed by atoms with Gasteiger partial charge in [0.15, 0.2) is 0 Å². The molecule has 0 aliphatic heterocycles. The molecule has 0 aliphatic rings. The lowest BCUT2D eigenvalue weighted by atomic mass is 10.2. The fourth-order valence-electron chi connectivity index (χ4n) is 2.54. The predicted octanol–water partition coefficient (Wildman–Crippen LogP) is 4.87. The molecule has 144 valence electrons. The molecule has 0 unspecified atom stereocenters. The van der Waals surface area contributed by atoms with Crippen LogP contribution in [-0.2, 0) is 17.7 Å². The number of hydrogen-bond acceptors (Lipinski definition) is 2. The molecule has 3 aromatic rings. The zero-order valence-corrected chi connectivity index (χ0v) is 17.6. The van der Waals surface area contributed by atoms with Gasteiger partial charge in [0.1, 0.15) is 0 Å². The summed E-state index contributed by atoms with van der Waals surface area (Å²) < 4.78 is 14.3. The normalized spacial score (nSPS) is 11.2. The molecule has 28 heavy (non-hydrogen) atoms. The van der Waals surface area contributed by atoms with Crippen LogP contribution in [0.5, 0.6) is 0 Å². The maximum absolute atomic E-state index is 13.4. The third kappa shape index (κ3) is 6.14. The zero-order valence-electron chi connectivity index (χ0n) is 15.1. The lowest BCUT2D eigenvalue weighted by Gasteiger charge is -2.22. The quantitative estimate of drug-likeness (QED) is 0.422. The Morgan fingerprint density at radius 3 is 1.68 bits per heavy atom. The number of benzene rings is 3. The Bertz CT molecular complexity index is 903. The van der Waals surface area contributed by atoms with Gasteiger partial charge in [-0.05, 0) is 35.4 Å². The first kappa shape index (κ1) is 20.5. The van der Waals surface area contributed by atoms with Crippen LogP contribution in [-0.4, -0.2) is 5.91 Å². The van der Waals surface area contributed by atoms with Crippen molar-refractivity contribution < 1.29 is 9.36 Å². The molecule has 0 aromatic heterocycles. The average Bonchev–Trinajstić information content (AvgIpc) is 2.73. The molecule has 0 atom stereocenters. The van der Waals surface area contributed by atoms with Crippen LogP contribution in [0.4, 0.5) is 0 Å². The summed E-state index contributed by atoms with van der Waals surface area (Å²) in [6.45, 7) is 0.723. The van der Waals surface area contributed by atoms with Crippen molar-refractivity contribution in [2.45, 2.75) is 13.1 Å². The van der Waals surface area contributed by atoms with E-state index in [1.165, 1.54) is 0 Å². The van der Waals surface area contributed by atoms with E-state index < -0.39 is 13.5 Å². The van der Waals surface area contributed by atoms with Crippen molar-refractivity contribution in [3.8, 4) is 0 Å². The fourth-order valence-corrected chi connectivity index (χ4v) is 4.30. The van der Waals surface area contributed by atoms with Gasteiger partial charge in [-0.15, -0.1) is 0 Å². The van der Waals surface area contributed by atoms with Gasteiger partial charge in [-0.3, -0.25) is 14.4 Å². The van der Waals surface area contributed by atoms with E-state index in [-0.39, 0.29) is 0 Å². The maximum Gasteiger partial charge on any atom is 0.306 e. The highest BCUT2D eigenvalue weighted by molar-refractivity contribution is 9.10. The topological polar surface area (TPSA) is 70.2 Å². The fraction of sp³-hybridized carbons (Fsp3) is 0.0952. The highest BCUT2D eigenvalue weighted by atomic mass is 79.9. The summed E-state index contributed by atoms with van der Waals surface area (Å²) in [4.78, 5) is 12.6. The number of carbonyl (C=O) groups is 1. The zero-order chi connectivity index (χ0) is 19.8. The van der Waals surface area contributed by atoms with Crippen LogP contribution in [0.1, 0.15) is 21.5 Å². The van der Waals surface area contributed by atoms with Crippen molar-refractivity contribution in [2.75, 3.05) is 0 Å². The predicted molar refractivity (Wildman–Crippen MR) is 116 cm³/mol. The van der Waals surface area contributed by atoms with Crippen LogP contribution in [0.25, 0.3) is 0 Å². The third-order valence-electron chi connectivity index (χ3n) is 4.06. The Kier molecular flexibility index (Phi) is 7.18. The van der Waals surface area contributed by atoms with E-state index in [1.54, 1.807) is 24.3 Å². The Balaban J connectivity index is 1.73. The Morgan fingerprint density at radius 1 is 0.750 bits per heavy atom. The molecular weight excluding hydrogens is 437 g/mol. The molecule has 3 rings (SSSR count). The molecule has 0 aliphatic carbocycles. The Morgan fingerprint density at radius 2 is 1.21 bits per heavy atom. The number of nitrogens with one attached hydrogen (secondary N) is 3. The van der Waals surface area contributed by atoms with Crippen molar-refractivity contribution in [1.82, 2.24) is 15.3 Å². The summed E-state index contributed by atoms with van der Waals surface area (Å²) >= 11 is 3.35. The summed E-state index contributed by atoms with van der Waals surface area (Å²) in [7, 11) is -3.39. The van der Waals surface area contributed by atoms with Gasteiger partial charge >= 0.3 is 7.59 Å². The molecule has 0 saturated carbocycles. The van der Waals surface area contributed by atoms with E-state index in [0.717, 1.165) is 15.6 Å². The van der Waals surface area contributed by atoms with Crippen molar-refractivity contribution in [2.24, 2.45) is 0 Å². The molecule has 3 N–H and O–H groups in total. The van der Waals surface area contributed by atoms with E-state index in [4.69, 9.17) is 0 Å². The summed E-state index contributed by atoms with van der Waals surface area (Å²) in [5.74, 6) is -0.406. The van der Waals surface area contributed by atoms with E-state index >= 15 is 0 Å². The second-order valence-corrected chi connectivity index (χ2v) is 9.19. The van der Waals surface area contributed by atoms with Gasteiger partial charge in [0.25, 0.3) is 5.91 Å². The van der Waals surface area contributed by atoms with Crippen molar-refractivity contribution in [3.05, 3.63) is 106 Å². The van der Waals surface area contributed by atoms with E-state index in [1.807, 2.05) is 60.7 Å². The number of hydrogen-bond donors (Lipinski definition) is 3. The molecule has 0 bridgehead atoms. The number of amides is 1. The molecule has 1 amide bonds. The van der Waals surface area contributed by atoms with Crippen LogP contribution in [0, 0.1) is 0 Å². The van der Waals surface area contributed by atoms with Gasteiger partial charge in [-0.25, -0.2) is 10.2 Å². The van der Waals surface area contributed by atoms with Crippen LogP contribution in [0.3, 0.4) is 0 Å². The largest absolute Gasteiger partial charge is 0.306 e. The molecule has 0 fully saturated rings. The minimum absolute atomic E-state index is 0.362. The van der Waals surface area contributed by atoms with E-state index in [2.05, 4.69) is 31.2 Å². The first-order chi connectivity index (χ1) is 13.5. The Hall–Kier alpha value is -2.24. The lowest BCUT2D eigenvalue weighted by Crippen LogP contribution is -2.35. The number of rotatable bonds is 8. The SMILES string of the molecule is O=C(NP(=O)(NCc1ccccc1)NCc1ccccc1)c1ccc(Br)cc1. The summed E-state index contributed by atoms with van der Waals surface area (Å²) in [6, 6.07) is 26.2. The van der Waals surface area contributed by atoms with Gasteiger partial charge in [-0.1, -0.05) is 76.6 Å². The summed E-state index contributed by atoms with van der Waals surface area (Å²) in [5.41, 5.74) is 2.38. The molecule has 0 radical (unpaired) electrons. The van der Waals surface area contributed by atoms with E-state index in [9.17, 15) is 9.36 Å². The second-order valence-electron chi connectivity index (χ2n) is 6.20. The minimum atomic E-state index is -3.39. The summed E-state index contributed by atoms with van der Waals surface area (Å²) in [5, 5.41) is 8.64. The first-order valence-corrected chi connectivity index (χ1v) is 11.3. The molecule has 7 heteroatoms. The summed E-state index contributed by atoms with van der Waals surface area (Å²) in [6.07, 6.45) is 0. The second kappa shape index (κ2) is 9.80. The first-order valence-electron chi connectivity index (χ1n) is 8.80. The number of carbonyl (C=O) groups excluding carboxylic acids is 1. The molecule has 5 nitrogen and oxygen atoms in total. The molecular formula is C21H21BrN3O2P. The highest BCUT2D eigenvalue weighted by Crippen LogP contribution is 2.32. The highest BCUT2D eigenvalue weighted by Gasteiger charge is 2.24. The average molecular weight is 458 g/mol. The molecule has 0 saturated heterocycles. The van der Waals surface area contributed by atoms with E-state index in [0.29, 0.717) is 18.7 Å². The van der Waals surface area contributed by atoms with Gasteiger partial charge < -0.3 is 0 Å². The smallest absolute Gasteiger partial charge is 0.279 e. The van der Waals surface area contributed by atoms with Crippen LogP contribution < -0.4 is 15.3 Å². The lowest BCUT2D eigenvalue weighted by molar-refractivity contribution is 0.0979. The number of halogens is 1. The van der Waals surface area contributed by atoms with Crippen LogP contribution in [0.15, 0.2) is 89.4 Å². The van der Waals surface area contributed by atoms with Gasteiger partial charge in [0.2, 0.25) is 0 Å². The molecule has 0 heterocycles. The molecule has 3 aromatic carbocycles. The van der Waals surface area contributed by atoms with Gasteiger partial charge in [-0.2, -0.15) is 0 Å². The maximum atomic E-state index is 13.4. The van der Waals surface area contributed by atoms with Gasteiger partial charge in [0.05, 0.1) is 0 Å². The van der Waals surface area contributed by atoms with Crippen molar-refractivity contribution >= 4 is 29.4 Å². The van der Waals surface area contributed by atoms with Crippen LogP contribution >= 0.6 is 23.5 Å². The van der Waals surface area contributed by atoms with Crippen molar-refractivity contribution in [3.63, 3.8) is 0 Å². The van der Waals surface area contributed by atoms with Crippen molar-refractivity contribution in [1.29, 1.82) is 0 Å². The monoisotopic (exact) mass is 457 g/mol. The third-order valence-corrected chi connectivity index (χ3v) is 6.32. The minimum Gasteiger partial charge on any atom is -0.279 e. The molecule has 0 spiro atoms. The van der Waals surface area contributed by atoms with Gasteiger partial charge in [0, 0.05) is 23.1 Å². The standard InChI is InChI=1S/C21H21BrN3O2P/c22-20-13-11-19(12-14-20)21(26)25-28(27,23-15-17-7-3-1-4-8-17)24-16-18-9-5-2-6-10-18/h1-14H,15-16H2,(H3,23,24,25,26,27). The van der Waals surface area contributed by atoms with Crippen LogP contribution in [0.2, 0.25) is 0 Å².